The van der Waals surface area contributed by atoms with Crippen LogP contribution in [0.1, 0.15) is 52.9 Å². The summed E-state index contributed by atoms with van der Waals surface area (Å²) in [7, 11) is 0. The second kappa shape index (κ2) is 5.11. The molecule has 0 aliphatic heterocycles. The van der Waals surface area contributed by atoms with E-state index in [0.717, 1.165) is 19.3 Å². The highest BCUT2D eigenvalue weighted by Crippen LogP contribution is 2.35. The van der Waals surface area contributed by atoms with Crippen LogP contribution in [-0.2, 0) is 4.79 Å². The Labute approximate surface area is 93.6 Å². The zero-order valence-electron chi connectivity index (χ0n) is 10.4. The molecule has 2 N–H and O–H groups in total. The summed E-state index contributed by atoms with van der Waals surface area (Å²) in [6.07, 6.45) is 5.53. The molecule has 0 aromatic rings. The van der Waals surface area contributed by atoms with Gasteiger partial charge in [0, 0.05) is 17.9 Å². The fraction of sp³-hybridized carbons (Fsp3) is 0.923. The van der Waals surface area contributed by atoms with Crippen molar-refractivity contribution in [2.24, 2.45) is 23.0 Å². The van der Waals surface area contributed by atoms with Gasteiger partial charge in [-0.25, -0.2) is 0 Å². The summed E-state index contributed by atoms with van der Waals surface area (Å²) in [5, 5.41) is 0. The summed E-state index contributed by atoms with van der Waals surface area (Å²) in [4.78, 5) is 12.3. The van der Waals surface area contributed by atoms with Crippen molar-refractivity contribution >= 4 is 5.78 Å². The van der Waals surface area contributed by atoms with E-state index in [1.807, 2.05) is 6.92 Å². The molecule has 1 aliphatic carbocycles. The Morgan fingerprint density at radius 2 is 2.13 bits per heavy atom. The van der Waals surface area contributed by atoms with Gasteiger partial charge in [0.1, 0.15) is 5.78 Å². The van der Waals surface area contributed by atoms with Gasteiger partial charge in [0.15, 0.2) is 0 Å². The van der Waals surface area contributed by atoms with Gasteiger partial charge in [0.2, 0.25) is 0 Å². The number of ketones is 1. The molecule has 15 heavy (non-hydrogen) atoms. The average molecular weight is 211 g/mol. The minimum absolute atomic E-state index is 0.276. The van der Waals surface area contributed by atoms with E-state index in [-0.39, 0.29) is 11.3 Å². The molecule has 0 radical (unpaired) electrons. The molecule has 0 aromatic heterocycles. The van der Waals surface area contributed by atoms with E-state index in [2.05, 4.69) is 13.8 Å². The van der Waals surface area contributed by atoms with Gasteiger partial charge in [-0.15, -0.1) is 0 Å². The molecule has 1 rings (SSSR count). The topological polar surface area (TPSA) is 43.1 Å². The molecule has 0 bridgehead atoms. The van der Waals surface area contributed by atoms with E-state index in [9.17, 15) is 4.79 Å². The van der Waals surface area contributed by atoms with Crippen molar-refractivity contribution in [3.63, 3.8) is 0 Å². The second-order valence-electron chi connectivity index (χ2n) is 5.45. The SMILES string of the molecule is CCC(C)(CN)C(=O)C1CCCC(C)C1. The number of nitrogens with two attached hydrogens (primary N) is 1. The fourth-order valence-electron chi connectivity index (χ4n) is 2.58. The number of Topliss-reactive ketones (excluding diaryl/α,β-unsaturated/α-hetero) is 1. The minimum atomic E-state index is -0.276. The van der Waals surface area contributed by atoms with E-state index >= 15 is 0 Å². The predicted octanol–water partition coefficient (Wildman–Crippen LogP) is 2.76. The first-order valence-electron chi connectivity index (χ1n) is 6.28. The Bertz CT molecular complexity index is 221. The van der Waals surface area contributed by atoms with Gasteiger partial charge in [-0.2, -0.15) is 0 Å². The van der Waals surface area contributed by atoms with Crippen LogP contribution in [0.15, 0.2) is 0 Å². The number of hydrogen-bond donors (Lipinski definition) is 1. The molecule has 88 valence electrons. The zero-order valence-corrected chi connectivity index (χ0v) is 10.4. The molecule has 0 aromatic carbocycles. The molecule has 0 spiro atoms. The number of carbonyl (C=O) groups excluding carboxylic acids is 1. The van der Waals surface area contributed by atoms with Gasteiger partial charge >= 0.3 is 0 Å². The first kappa shape index (κ1) is 12.7. The van der Waals surface area contributed by atoms with Crippen LogP contribution in [-0.4, -0.2) is 12.3 Å². The third-order valence-electron chi connectivity index (χ3n) is 4.13. The van der Waals surface area contributed by atoms with E-state index in [4.69, 9.17) is 5.73 Å². The molecule has 3 unspecified atom stereocenters. The highest BCUT2D eigenvalue weighted by Gasteiger charge is 2.36. The van der Waals surface area contributed by atoms with Crippen molar-refractivity contribution < 1.29 is 4.79 Å². The lowest BCUT2D eigenvalue weighted by Crippen LogP contribution is -2.40. The lowest BCUT2D eigenvalue weighted by atomic mass is 9.71. The standard InChI is InChI=1S/C13H25NO/c1-4-13(3,9-14)12(15)11-7-5-6-10(2)8-11/h10-11H,4-9,14H2,1-3H3. The van der Waals surface area contributed by atoms with Crippen LogP contribution >= 0.6 is 0 Å². The highest BCUT2D eigenvalue weighted by molar-refractivity contribution is 5.87. The van der Waals surface area contributed by atoms with Crippen LogP contribution in [0.25, 0.3) is 0 Å². The van der Waals surface area contributed by atoms with Crippen molar-refractivity contribution in [3.05, 3.63) is 0 Å². The molecule has 0 amide bonds. The summed E-state index contributed by atoms with van der Waals surface area (Å²) >= 11 is 0. The van der Waals surface area contributed by atoms with Crippen molar-refractivity contribution in [1.29, 1.82) is 0 Å². The third kappa shape index (κ3) is 2.81. The lowest BCUT2D eigenvalue weighted by molar-refractivity contribution is -0.133. The minimum Gasteiger partial charge on any atom is -0.329 e. The Kier molecular flexibility index (Phi) is 4.32. The first-order valence-corrected chi connectivity index (χ1v) is 6.28. The molecular weight excluding hydrogens is 186 g/mol. The second-order valence-corrected chi connectivity index (χ2v) is 5.45. The van der Waals surface area contributed by atoms with E-state index < -0.39 is 0 Å². The quantitative estimate of drug-likeness (QED) is 0.777. The monoisotopic (exact) mass is 211 g/mol. The van der Waals surface area contributed by atoms with Crippen LogP contribution in [0, 0.1) is 17.3 Å². The van der Waals surface area contributed by atoms with E-state index in [1.54, 1.807) is 0 Å². The van der Waals surface area contributed by atoms with Crippen LogP contribution < -0.4 is 5.73 Å². The molecule has 0 heterocycles. The molecule has 1 fully saturated rings. The zero-order chi connectivity index (χ0) is 11.5. The van der Waals surface area contributed by atoms with Crippen LogP contribution in [0.4, 0.5) is 0 Å². The van der Waals surface area contributed by atoms with E-state index in [1.165, 1.54) is 12.8 Å². The van der Waals surface area contributed by atoms with Crippen molar-refractivity contribution in [2.45, 2.75) is 52.9 Å². The predicted molar refractivity (Wildman–Crippen MR) is 63.6 cm³/mol. The maximum atomic E-state index is 12.3. The van der Waals surface area contributed by atoms with Crippen LogP contribution in [0.3, 0.4) is 0 Å². The Balaban J connectivity index is 2.66. The largest absolute Gasteiger partial charge is 0.329 e. The summed E-state index contributed by atoms with van der Waals surface area (Å²) < 4.78 is 0. The van der Waals surface area contributed by atoms with Gasteiger partial charge in [0.05, 0.1) is 0 Å². The van der Waals surface area contributed by atoms with Gasteiger partial charge in [0.25, 0.3) is 0 Å². The van der Waals surface area contributed by atoms with Crippen LogP contribution in [0.2, 0.25) is 0 Å². The lowest BCUT2D eigenvalue weighted by Gasteiger charge is -2.33. The molecule has 0 saturated heterocycles. The van der Waals surface area contributed by atoms with Crippen molar-refractivity contribution in [1.82, 2.24) is 0 Å². The summed E-state index contributed by atoms with van der Waals surface area (Å²) in [5.74, 6) is 1.41. The number of hydrogen-bond acceptors (Lipinski definition) is 2. The van der Waals surface area contributed by atoms with E-state index in [0.29, 0.717) is 18.2 Å². The van der Waals surface area contributed by atoms with Crippen molar-refractivity contribution in [3.8, 4) is 0 Å². The Morgan fingerprint density at radius 1 is 1.47 bits per heavy atom. The molecule has 2 nitrogen and oxygen atoms in total. The third-order valence-corrected chi connectivity index (χ3v) is 4.13. The maximum absolute atomic E-state index is 12.3. The summed E-state index contributed by atoms with van der Waals surface area (Å²) in [6, 6.07) is 0. The van der Waals surface area contributed by atoms with Gasteiger partial charge in [-0.05, 0) is 25.2 Å². The van der Waals surface area contributed by atoms with Crippen LogP contribution in [0.5, 0.6) is 0 Å². The maximum Gasteiger partial charge on any atom is 0.143 e. The number of rotatable bonds is 4. The summed E-state index contributed by atoms with van der Waals surface area (Å²) in [6.45, 7) is 6.84. The molecular formula is C13H25NO. The highest BCUT2D eigenvalue weighted by atomic mass is 16.1. The fourth-order valence-corrected chi connectivity index (χ4v) is 2.58. The summed E-state index contributed by atoms with van der Waals surface area (Å²) in [5.41, 5.74) is 5.46. The van der Waals surface area contributed by atoms with Crippen molar-refractivity contribution in [2.75, 3.05) is 6.54 Å². The molecule has 1 aliphatic rings. The first-order chi connectivity index (χ1) is 7.03. The molecule has 2 heteroatoms. The van der Waals surface area contributed by atoms with Gasteiger partial charge in [-0.1, -0.05) is 33.6 Å². The normalized spacial score (nSPS) is 30.9. The Hall–Kier alpha value is -0.370. The van der Waals surface area contributed by atoms with Gasteiger partial charge in [-0.3, -0.25) is 4.79 Å². The smallest absolute Gasteiger partial charge is 0.143 e. The Morgan fingerprint density at radius 3 is 2.60 bits per heavy atom. The van der Waals surface area contributed by atoms with Gasteiger partial charge < -0.3 is 5.73 Å². The number of carbonyl (C=O) groups is 1. The average Bonchev–Trinajstić information content (AvgIpc) is 2.27. The molecule has 3 atom stereocenters. The molecule has 1 saturated carbocycles.